The molecule has 0 aliphatic heterocycles. The summed E-state index contributed by atoms with van der Waals surface area (Å²) >= 11 is 0. The fraction of sp³-hybridized carbons (Fsp3) is 0.250. The number of aryl methyl sites for hydroxylation is 2. The summed E-state index contributed by atoms with van der Waals surface area (Å²) in [5, 5.41) is 13.1. The molecule has 0 aromatic carbocycles. The zero-order valence-electron chi connectivity index (χ0n) is 10.1. The number of hydrogen-bond donors (Lipinski definition) is 1. The van der Waals surface area contributed by atoms with E-state index in [0.29, 0.717) is 11.4 Å². The molecular weight excluding hydrogens is 234 g/mol. The molecule has 0 fully saturated rings. The molecule has 0 atom stereocenters. The smallest absolute Gasteiger partial charge is 0.341 e. The van der Waals surface area contributed by atoms with Crippen LogP contribution in [0.2, 0.25) is 0 Å². The minimum absolute atomic E-state index is 0.0323. The van der Waals surface area contributed by atoms with Crippen LogP contribution < -0.4 is 4.74 Å². The molecule has 0 spiro atoms. The van der Waals surface area contributed by atoms with Crippen molar-refractivity contribution in [3.8, 4) is 11.6 Å². The first-order chi connectivity index (χ1) is 8.60. The molecule has 0 saturated carbocycles. The van der Waals surface area contributed by atoms with Crippen LogP contribution >= 0.6 is 0 Å². The minimum atomic E-state index is -1.07. The normalized spacial score (nSPS) is 10.3. The van der Waals surface area contributed by atoms with Crippen molar-refractivity contribution < 1.29 is 14.6 Å². The van der Waals surface area contributed by atoms with Gasteiger partial charge in [0.1, 0.15) is 5.56 Å². The molecule has 2 rings (SSSR count). The van der Waals surface area contributed by atoms with Gasteiger partial charge in [-0.15, -0.1) is 0 Å². The quantitative estimate of drug-likeness (QED) is 0.895. The number of ether oxygens (including phenoxy) is 1. The van der Waals surface area contributed by atoms with Gasteiger partial charge in [0.25, 0.3) is 0 Å². The van der Waals surface area contributed by atoms with E-state index in [0.717, 1.165) is 6.54 Å². The maximum atomic E-state index is 11.0. The fourth-order valence-electron chi connectivity index (χ4n) is 1.46. The Morgan fingerprint density at radius 1 is 1.50 bits per heavy atom. The van der Waals surface area contributed by atoms with Gasteiger partial charge < -0.3 is 9.84 Å². The van der Waals surface area contributed by atoms with Crippen LogP contribution in [0.3, 0.4) is 0 Å². The zero-order valence-corrected chi connectivity index (χ0v) is 10.1. The van der Waals surface area contributed by atoms with Gasteiger partial charge >= 0.3 is 5.97 Å². The molecule has 0 aliphatic carbocycles. The first kappa shape index (κ1) is 12.1. The second kappa shape index (κ2) is 4.87. The molecule has 2 aromatic rings. The summed E-state index contributed by atoms with van der Waals surface area (Å²) < 4.78 is 7.14. The molecule has 6 nitrogen and oxygen atoms in total. The maximum Gasteiger partial charge on any atom is 0.341 e. The Hall–Kier alpha value is -2.37. The maximum absolute atomic E-state index is 11.0. The minimum Gasteiger partial charge on any atom is -0.477 e. The standard InChI is InChI=1S/C12H13N3O3/c1-3-15-7-9(6-13-15)18-11-10(12(16)17)5-4-8(2)14-11/h4-7H,3H2,1-2H3,(H,16,17). The second-order valence-electron chi connectivity index (χ2n) is 3.74. The van der Waals surface area contributed by atoms with Crippen LogP contribution in [0.4, 0.5) is 0 Å². The molecule has 0 bridgehead atoms. The molecule has 2 heterocycles. The van der Waals surface area contributed by atoms with Gasteiger partial charge in [0.2, 0.25) is 5.88 Å². The van der Waals surface area contributed by atoms with Crippen molar-refractivity contribution in [2.24, 2.45) is 0 Å². The summed E-state index contributed by atoms with van der Waals surface area (Å²) in [6.07, 6.45) is 3.22. The Kier molecular flexibility index (Phi) is 3.27. The lowest BCUT2D eigenvalue weighted by molar-refractivity contribution is 0.0693. The summed E-state index contributed by atoms with van der Waals surface area (Å²) in [6.45, 7) is 4.44. The van der Waals surface area contributed by atoms with Gasteiger partial charge in [-0.3, -0.25) is 4.68 Å². The molecular formula is C12H13N3O3. The molecule has 6 heteroatoms. The van der Waals surface area contributed by atoms with Crippen molar-refractivity contribution in [3.05, 3.63) is 35.8 Å². The van der Waals surface area contributed by atoms with Crippen LogP contribution in [0.25, 0.3) is 0 Å². The van der Waals surface area contributed by atoms with E-state index in [1.807, 2.05) is 6.92 Å². The predicted octanol–water partition coefficient (Wildman–Crippen LogP) is 2.10. The molecule has 18 heavy (non-hydrogen) atoms. The summed E-state index contributed by atoms with van der Waals surface area (Å²) in [5.74, 6) is -0.518. The number of pyridine rings is 1. The molecule has 0 aliphatic rings. The Bertz CT molecular complexity index is 578. The van der Waals surface area contributed by atoms with Crippen LogP contribution in [-0.2, 0) is 6.54 Å². The highest BCUT2D eigenvalue weighted by atomic mass is 16.5. The summed E-state index contributed by atoms with van der Waals surface area (Å²) in [5.41, 5.74) is 0.725. The number of aromatic nitrogens is 3. The van der Waals surface area contributed by atoms with Gasteiger partial charge in [-0.25, -0.2) is 9.78 Å². The van der Waals surface area contributed by atoms with Gasteiger partial charge in [0.05, 0.1) is 12.4 Å². The van der Waals surface area contributed by atoms with Crippen molar-refractivity contribution in [1.82, 2.24) is 14.8 Å². The molecule has 1 N–H and O–H groups in total. The van der Waals surface area contributed by atoms with Crippen LogP contribution in [0.5, 0.6) is 11.6 Å². The number of carboxylic acid groups (broad SMARTS) is 1. The average Bonchev–Trinajstić information content (AvgIpc) is 2.76. The lowest BCUT2D eigenvalue weighted by Crippen LogP contribution is -2.02. The highest BCUT2D eigenvalue weighted by Gasteiger charge is 2.14. The lowest BCUT2D eigenvalue weighted by Gasteiger charge is -2.06. The van der Waals surface area contributed by atoms with Gasteiger partial charge in [-0.1, -0.05) is 0 Å². The molecule has 0 amide bonds. The first-order valence-corrected chi connectivity index (χ1v) is 5.51. The van der Waals surface area contributed by atoms with Gasteiger partial charge in [0.15, 0.2) is 5.75 Å². The van der Waals surface area contributed by atoms with E-state index in [1.54, 1.807) is 23.9 Å². The third-order valence-corrected chi connectivity index (χ3v) is 2.38. The number of aromatic carboxylic acids is 1. The summed E-state index contributed by atoms with van der Waals surface area (Å²) in [7, 11) is 0. The number of hydrogen-bond acceptors (Lipinski definition) is 4. The van der Waals surface area contributed by atoms with Crippen LogP contribution in [0.1, 0.15) is 23.0 Å². The van der Waals surface area contributed by atoms with E-state index in [9.17, 15) is 4.79 Å². The third kappa shape index (κ3) is 2.48. The summed E-state index contributed by atoms with van der Waals surface area (Å²) in [4.78, 5) is 15.1. The topological polar surface area (TPSA) is 77.2 Å². The molecule has 0 saturated heterocycles. The summed E-state index contributed by atoms with van der Waals surface area (Å²) in [6, 6.07) is 3.11. The molecule has 0 unspecified atom stereocenters. The van der Waals surface area contributed by atoms with E-state index in [2.05, 4.69) is 10.1 Å². The predicted molar refractivity (Wildman–Crippen MR) is 63.9 cm³/mol. The van der Waals surface area contributed by atoms with Crippen molar-refractivity contribution in [2.45, 2.75) is 20.4 Å². The van der Waals surface area contributed by atoms with Crippen LogP contribution in [0.15, 0.2) is 24.5 Å². The average molecular weight is 247 g/mol. The molecule has 2 aromatic heterocycles. The van der Waals surface area contributed by atoms with Gasteiger partial charge in [-0.2, -0.15) is 5.10 Å². The van der Waals surface area contributed by atoms with E-state index in [4.69, 9.17) is 9.84 Å². The van der Waals surface area contributed by atoms with Crippen molar-refractivity contribution in [2.75, 3.05) is 0 Å². The van der Waals surface area contributed by atoms with Crippen molar-refractivity contribution >= 4 is 5.97 Å². The number of carboxylic acids is 1. The molecule has 0 radical (unpaired) electrons. The van der Waals surface area contributed by atoms with E-state index in [-0.39, 0.29) is 11.4 Å². The Labute approximate surface area is 104 Å². The van der Waals surface area contributed by atoms with Crippen LogP contribution in [0, 0.1) is 6.92 Å². The van der Waals surface area contributed by atoms with E-state index in [1.165, 1.54) is 12.3 Å². The highest BCUT2D eigenvalue weighted by Crippen LogP contribution is 2.23. The van der Waals surface area contributed by atoms with E-state index >= 15 is 0 Å². The third-order valence-electron chi connectivity index (χ3n) is 2.38. The van der Waals surface area contributed by atoms with Crippen LogP contribution in [-0.4, -0.2) is 25.8 Å². The fourth-order valence-corrected chi connectivity index (χ4v) is 1.46. The number of carbonyl (C=O) groups is 1. The Morgan fingerprint density at radius 3 is 2.89 bits per heavy atom. The van der Waals surface area contributed by atoms with Gasteiger partial charge in [0, 0.05) is 12.2 Å². The van der Waals surface area contributed by atoms with Crippen molar-refractivity contribution in [3.63, 3.8) is 0 Å². The largest absolute Gasteiger partial charge is 0.477 e. The van der Waals surface area contributed by atoms with E-state index < -0.39 is 5.97 Å². The second-order valence-corrected chi connectivity index (χ2v) is 3.74. The highest BCUT2D eigenvalue weighted by molar-refractivity contribution is 5.90. The molecule has 94 valence electrons. The zero-order chi connectivity index (χ0) is 13.1. The first-order valence-electron chi connectivity index (χ1n) is 5.51. The number of rotatable bonds is 4. The number of nitrogens with zero attached hydrogens (tertiary/aromatic N) is 3. The van der Waals surface area contributed by atoms with Crippen molar-refractivity contribution in [1.29, 1.82) is 0 Å². The SMILES string of the molecule is CCn1cc(Oc2nc(C)ccc2C(=O)O)cn1. The Morgan fingerprint density at radius 2 is 2.28 bits per heavy atom. The lowest BCUT2D eigenvalue weighted by atomic mass is 10.2. The Balaban J connectivity index is 2.32. The van der Waals surface area contributed by atoms with Gasteiger partial charge in [-0.05, 0) is 26.0 Å². The monoisotopic (exact) mass is 247 g/mol.